The Morgan fingerprint density at radius 1 is 1.28 bits per heavy atom. The van der Waals surface area contributed by atoms with Gasteiger partial charge in [0.2, 0.25) is 10.0 Å². The lowest BCUT2D eigenvalue weighted by Gasteiger charge is -2.08. The summed E-state index contributed by atoms with van der Waals surface area (Å²) >= 11 is 5.69. The number of unbranched alkanes of at least 4 members (excludes halogenated alkanes) is 1. The van der Waals surface area contributed by atoms with E-state index < -0.39 is 16.1 Å². The third-order valence-electron chi connectivity index (χ3n) is 2.12. The zero-order valence-corrected chi connectivity index (χ0v) is 11.5. The van der Waals surface area contributed by atoms with Crippen LogP contribution in [0.3, 0.4) is 0 Å². The molecule has 0 unspecified atom stereocenters. The molecule has 2 N–H and O–H groups in total. The van der Waals surface area contributed by atoms with E-state index in [1.807, 2.05) is 11.6 Å². The van der Waals surface area contributed by atoms with E-state index in [-0.39, 0.29) is 5.75 Å². The Kier molecular flexibility index (Phi) is 5.43. The minimum Gasteiger partial charge on any atom is -0.307 e. The summed E-state index contributed by atoms with van der Waals surface area (Å²) in [5.41, 5.74) is 0.475. The van der Waals surface area contributed by atoms with Crippen molar-refractivity contribution >= 4 is 33.3 Å². The zero-order valence-electron chi connectivity index (χ0n) is 9.94. The van der Waals surface area contributed by atoms with Gasteiger partial charge in [-0.15, -0.1) is 0 Å². The Hall–Kier alpha value is -1.27. The largest absolute Gasteiger partial charge is 0.332 e. The molecule has 0 aliphatic carbocycles. The fourth-order valence-corrected chi connectivity index (χ4v) is 2.45. The number of anilines is 1. The number of nitrogens with one attached hydrogen (secondary N) is 2. The van der Waals surface area contributed by atoms with Crippen molar-refractivity contribution in [2.45, 2.75) is 19.8 Å². The Morgan fingerprint density at radius 2 is 1.89 bits per heavy atom. The number of benzene rings is 1. The number of sulfonamides is 1. The van der Waals surface area contributed by atoms with E-state index in [1.165, 1.54) is 0 Å². The molecule has 0 radical (unpaired) electrons. The molecule has 1 aromatic carbocycles. The average Bonchev–Trinajstić information content (AvgIpc) is 2.29. The Bertz CT molecular complexity index is 500. The van der Waals surface area contributed by atoms with E-state index >= 15 is 0 Å². The van der Waals surface area contributed by atoms with Crippen molar-refractivity contribution in [1.82, 2.24) is 4.72 Å². The van der Waals surface area contributed by atoms with Crippen LogP contribution < -0.4 is 10.0 Å². The summed E-state index contributed by atoms with van der Waals surface area (Å²) in [6.45, 7) is 1.88. The summed E-state index contributed by atoms with van der Waals surface area (Å²) in [6, 6.07) is 5.60. The van der Waals surface area contributed by atoms with Gasteiger partial charge in [-0.2, -0.15) is 0 Å². The lowest BCUT2D eigenvalue weighted by Crippen LogP contribution is -2.35. The van der Waals surface area contributed by atoms with E-state index in [9.17, 15) is 13.2 Å². The smallest absolute Gasteiger partial charge is 0.307 e. The monoisotopic (exact) mass is 290 g/mol. The summed E-state index contributed by atoms with van der Waals surface area (Å²) in [7, 11) is -3.56. The fraction of sp³-hybridized carbons (Fsp3) is 0.364. The second-order valence-electron chi connectivity index (χ2n) is 3.74. The van der Waals surface area contributed by atoms with Crippen LogP contribution in [0.5, 0.6) is 0 Å². The molecule has 0 aromatic heterocycles. The van der Waals surface area contributed by atoms with Gasteiger partial charge in [0.15, 0.2) is 0 Å². The van der Waals surface area contributed by atoms with Crippen LogP contribution in [-0.4, -0.2) is 20.2 Å². The van der Waals surface area contributed by atoms with Gasteiger partial charge < -0.3 is 5.32 Å². The molecule has 0 aliphatic rings. The van der Waals surface area contributed by atoms with Gasteiger partial charge in [0.1, 0.15) is 0 Å². The maximum atomic E-state index is 11.5. The molecule has 0 heterocycles. The summed E-state index contributed by atoms with van der Waals surface area (Å²) in [4.78, 5) is 11.4. The van der Waals surface area contributed by atoms with Gasteiger partial charge in [-0.1, -0.05) is 24.9 Å². The number of rotatable bonds is 5. The predicted molar refractivity (Wildman–Crippen MR) is 72.3 cm³/mol. The van der Waals surface area contributed by atoms with Gasteiger partial charge in [0.05, 0.1) is 5.75 Å². The first kappa shape index (κ1) is 14.8. The minimum atomic E-state index is -3.56. The number of halogens is 1. The predicted octanol–water partition coefficient (Wildman–Crippen LogP) is 2.59. The van der Waals surface area contributed by atoms with E-state index in [0.717, 1.165) is 6.42 Å². The van der Waals surface area contributed by atoms with Crippen LogP contribution in [0.1, 0.15) is 19.8 Å². The molecule has 1 aromatic rings. The van der Waals surface area contributed by atoms with Crippen molar-refractivity contribution in [2.75, 3.05) is 11.1 Å². The number of urea groups is 1. The molecule has 18 heavy (non-hydrogen) atoms. The van der Waals surface area contributed by atoms with Crippen molar-refractivity contribution in [3.63, 3.8) is 0 Å². The molecule has 0 spiro atoms. The average molecular weight is 291 g/mol. The van der Waals surface area contributed by atoms with Gasteiger partial charge in [-0.25, -0.2) is 17.9 Å². The summed E-state index contributed by atoms with van der Waals surface area (Å²) < 4.78 is 24.8. The Labute approximate surface area is 112 Å². The van der Waals surface area contributed by atoms with E-state index in [4.69, 9.17) is 11.6 Å². The standard InChI is InChI=1S/C11H15ClN2O3S/c1-2-3-8-18(16,17)14-11(15)13-10-6-4-9(12)5-7-10/h4-7H,2-3,8H2,1H3,(H2,13,14,15). The molecule has 5 nitrogen and oxygen atoms in total. The van der Waals surface area contributed by atoms with Gasteiger partial charge in [0, 0.05) is 10.7 Å². The van der Waals surface area contributed by atoms with Crippen LogP contribution >= 0.6 is 11.6 Å². The van der Waals surface area contributed by atoms with E-state index in [0.29, 0.717) is 17.1 Å². The highest BCUT2D eigenvalue weighted by Crippen LogP contribution is 2.13. The van der Waals surface area contributed by atoms with Crippen LogP contribution in [-0.2, 0) is 10.0 Å². The Balaban J connectivity index is 2.54. The van der Waals surface area contributed by atoms with Gasteiger partial charge in [-0.05, 0) is 30.7 Å². The van der Waals surface area contributed by atoms with Crippen molar-refractivity contribution in [2.24, 2.45) is 0 Å². The molecule has 2 amide bonds. The maximum Gasteiger partial charge on any atom is 0.332 e. The molecular weight excluding hydrogens is 276 g/mol. The van der Waals surface area contributed by atoms with Crippen LogP contribution in [0.2, 0.25) is 5.02 Å². The van der Waals surface area contributed by atoms with Gasteiger partial charge >= 0.3 is 6.03 Å². The molecule has 7 heteroatoms. The van der Waals surface area contributed by atoms with Crippen LogP contribution in [0.25, 0.3) is 0 Å². The molecule has 0 bridgehead atoms. The van der Waals surface area contributed by atoms with Crippen molar-refractivity contribution in [1.29, 1.82) is 0 Å². The van der Waals surface area contributed by atoms with Crippen molar-refractivity contribution in [3.05, 3.63) is 29.3 Å². The first-order valence-electron chi connectivity index (χ1n) is 5.50. The first-order chi connectivity index (χ1) is 8.43. The SMILES string of the molecule is CCCCS(=O)(=O)NC(=O)Nc1ccc(Cl)cc1. The highest BCUT2D eigenvalue weighted by atomic mass is 35.5. The van der Waals surface area contributed by atoms with Crippen LogP contribution in [0.4, 0.5) is 10.5 Å². The highest BCUT2D eigenvalue weighted by molar-refractivity contribution is 7.90. The molecule has 0 saturated heterocycles. The van der Waals surface area contributed by atoms with E-state index in [2.05, 4.69) is 5.32 Å². The summed E-state index contributed by atoms with van der Waals surface area (Å²) in [5, 5.41) is 2.95. The number of hydrogen-bond acceptors (Lipinski definition) is 3. The quantitative estimate of drug-likeness (QED) is 0.875. The van der Waals surface area contributed by atoms with E-state index in [1.54, 1.807) is 24.3 Å². The third kappa shape index (κ3) is 5.37. The van der Waals surface area contributed by atoms with Crippen LogP contribution in [0.15, 0.2) is 24.3 Å². The highest BCUT2D eigenvalue weighted by Gasteiger charge is 2.13. The molecule has 1 rings (SSSR count). The second-order valence-corrected chi connectivity index (χ2v) is 6.01. The third-order valence-corrected chi connectivity index (χ3v) is 3.69. The van der Waals surface area contributed by atoms with Gasteiger partial charge in [-0.3, -0.25) is 0 Å². The summed E-state index contributed by atoms with van der Waals surface area (Å²) in [6.07, 6.45) is 1.27. The van der Waals surface area contributed by atoms with Crippen LogP contribution in [0, 0.1) is 0 Å². The van der Waals surface area contributed by atoms with Gasteiger partial charge in [0.25, 0.3) is 0 Å². The molecule has 0 aliphatic heterocycles. The molecule has 0 atom stereocenters. The minimum absolute atomic E-state index is 0.0580. The molecule has 0 fully saturated rings. The maximum absolute atomic E-state index is 11.5. The van der Waals surface area contributed by atoms with Crippen molar-refractivity contribution in [3.8, 4) is 0 Å². The fourth-order valence-electron chi connectivity index (χ4n) is 1.22. The van der Waals surface area contributed by atoms with Crippen molar-refractivity contribution < 1.29 is 13.2 Å². The lowest BCUT2D eigenvalue weighted by atomic mass is 10.3. The molecular formula is C11H15ClN2O3S. The topological polar surface area (TPSA) is 75.3 Å². The molecule has 0 saturated carbocycles. The molecule has 100 valence electrons. The number of amides is 2. The number of hydrogen-bond donors (Lipinski definition) is 2. The normalized spacial score (nSPS) is 11.0. The number of carbonyl (C=O) groups excluding carboxylic acids is 1. The second kappa shape index (κ2) is 6.61. The first-order valence-corrected chi connectivity index (χ1v) is 7.53. The zero-order chi connectivity index (χ0) is 13.6. The Morgan fingerprint density at radius 3 is 2.44 bits per heavy atom. The summed E-state index contributed by atoms with van der Waals surface area (Å²) in [5.74, 6) is -0.0580. The number of carbonyl (C=O) groups is 1. The lowest BCUT2D eigenvalue weighted by molar-refractivity contribution is 0.256.